The summed E-state index contributed by atoms with van der Waals surface area (Å²) in [7, 11) is -2.71. The van der Waals surface area contributed by atoms with Crippen LogP contribution >= 0.6 is 0 Å². The van der Waals surface area contributed by atoms with Crippen LogP contribution in [0.2, 0.25) is 0 Å². The van der Waals surface area contributed by atoms with E-state index in [4.69, 9.17) is 4.74 Å². The molecule has 1 atom stereocenters. The minimum Gasteiger partial charge on any atom is -0.372 e. The van der Waals surface area contributed by atoms with Crippen molar-refractivity contribution in [3.05, 3.63) is 35.4 Å². The Bertz CT molecular complexity index is 663. The molecule has 3 aliphatic rings. The Kier molecular flexibility index (Phi) is 3.98. The molecule has 1 spiro atoms. The van der Waals surface area contributed by atoms with Crippen molar-refractivity contribution in [2.24, 2.45) is 5.41 Å². The molecule has 1 aromatic carbocycles. The molecule has 0 amide bonds. The Hall–Kier alpha value is -0.910. The molecule has 126 valence electrons. The van der Waals surface area contributed by atoms with E-state index < -0.39 is 9.84 Å². The average Bonchev–Trinajstić information content (AvgIpc) is 2.52. The van der Waals surface area contributed by atoms with Crippen LogP contribution in [-0.4, -0.2) is 39.1 Å². The quantitative estimate of drug-likeness (QED) is 0.920. The van der Waals surface area contributed by atoms with Crippen molar-refractivity contribution in [2.45, 2.75) is 44.2 Å². The summed E-state index contributed by atoms with van der Waals surface area (Å²) >= 11 is 0. The van der Waals surface area contributed by atoms with E-state index in [-0.39, 0.29) is 11.5 Å². The van der Waals surface area contributed by atoms with Crippen molar-refractivity contribution in [1.82, 2.24) is 5.32 Å². The van der Waals surface area contributed by atoms with E-state index in [0.717, 1.165) is 45.3 Å². The molecule has 0 aromatic heterocycles. The van der Waals surface area contributed by atoms with Crippen molar-refractivity contribution in [3.63, 3.8) is 0 Å². The van der Waals surface area contributed by atoms with Crippen molar-refractivity contribution in [3.8, 4) is 0 Å². The maximum absolute atomic E-state index is 11.5. The lowest BCUT2D eigenvalue weighted by molar-refractivity contribution is 0.0383. The van der Waals surface area contributed by atoms with Crippen LogP contribution in [0.3, 0.4) is 0 Å². The maximum Gasteiger partial charge on any atom is 0.151 e. The fourth-order valence-electron chi connectivity index (χ4n) is 4.53. The minimum atomic E-state index is -2.71. The van der Waals surface area contributed by atoms with Gasteiger partial charge in [0.1, 0.15) is 0 Å². The first-order valence-corrected chi connectivity index (χ1v) is 10.5. The summed E-state index contributed by atoms with van der Waals surface area (Å²) < 4.78 is 28.9. The second kappa shape index (κ2) is 5.87. The van der Waals surface area contributed by atoms with E-state index >= 15 is 0 Å². The van der Waals surface area contributed by atoms with Gasteiger partial charge < -0.3 is 10.1 Å². The van der Waals surface area contributed by atoms with Gasteiger partial charge in [-0.15, -0.1) is 0 Å². The maximum atomic E-state index is 11.5. The SMILES string of the molecule is O=S1(=O)CC2(CCC(NCC3OCCc4ccccc43)CC2)C1. The summed E-state index contributed by atoms with van der Waals surface area (Å²) in [5.74, 6) is 0.845. The fraction of sp³-hybridized carbons (Fsp3) is 0.667. The lowest BCUT2D eigenvalue weighted by Gasteiger charge is -2.46. The molecule has 1 aliphatic carbocycles. The van der Waals surface area contributed by atoms with E-state index in [1.54, 1.807) is 0 Å². The van der Waals surface area contributed by atoms with Gasteiger partial charge >= 0.3 is 0 Å². The number of rotatable bonds is 3. The molecular formula is C18H25NO3S. The molecule has 1 N–H and O–H groups in total. The first-order chi connectivity index (χ1) is 11.1. The predicted octanol–water partition coefficient (Wildman–Crippen LogP) is 2.25. The van der Waals surface area contributed by atoms with Gasteiger partial charge in [0.2, 0.25) is 0 Å². The molecule has 4 rings (SSSR count). The van der Waals surface area contributed by atoms with Crippen molar-refractivity contribution in [1.29, 1.82) is 0 Å². The van der Waals surface area contributed by atoms with Gasteiger partial charge in [-0.05, 0) is 48.6 Å². The topological polar surface area (TPSA) is 55.4 Å². The monoisotopic (exact) mass is 335 g/mol. The van der Waals surface area contributed by atoms with Gasteiger partial charge in [0.25, 0.3) is 0 Å². The number of nitrogens with one attached hydrogen (secondary N) is 1. The third-order valence-corrected chi connectivity index (χ3v) is 7.89. The van der Waals surface area contributed by atoms with Crippen LogP contribution in [-0.2, 0) is 21.0 Å². The van der Waals surface area contributed by atoms with Crippen LogP contribution in [0.15, 0.2) is 24.3 Å². The number of benzene rings is 1. The predicted molar refractivity (Wildman–Crippen MR) is 90.2 cm³/mol. The molecular weight excluding hydrogens is 310 g/mol. The van der Waals surface area contributed by atoms with Gasteiger partial charge in [-0.1, -0.05) is 24.3 Å². The molecule has 2 aliphatic heterocycles. The van der Waals surface area contributed by atoms with E-state index in [1.165, 1.54) is 11.1 Å². The van der Waals surface area contributed by atoms with E-state index in [2.05, 4.69) is 29.6 Å². The molecule has 0 radical (unpaired) electrons. The number of hydrogen-bond donors (Lipinski definition) is 1. The summed E-state index contributed by atoms with van der Waals surface area (Å²) in [6.45, 7) is 1.65. The van der Waals surface area contributed by atoms with Crippen LogP contribution < -0.4 is 5.32 Å². The highest BCUT2D eigenvalue weighted by atomic mass is 32.2. The Balaban J connectivity index is 1.30. The number of hydrogen-bond acceptors (Lipinski definition) is 4. The third-order valence-electron chi connectivity index (χ3n) is 5.78. The van der Waals surface area contributed by atoms with Crippen molar-refractivity contribution >= 4 is 9.84 Å². The first-order valence-electron chi connectivity index (χ1n) is 8.69. The van der Waals surface area contributed by atoms with E-state index in [1.807, 2.05) is 0 Å². The number of sulfone groups is 1. The van der Waals surface area contributed by atoms with Gasteiger partial charge in [-0.2, -0.15) is 0 Å². The van der Waals surface area contributed by atoms with Crippen LogP contribution in [0.4, 0.5) is 0 Å². The molecule has 1 unspecified atom stereocenters. The highest BCUT2D eigenvalue weighted by molar-refractivity contribution is 7.92. The standard InChI is InChI=1S/C18H25NO3S/c20-23(21)12-18(13-23)8-5-15(6-9-18)19-11-17-16-4-2-1-3-14(16)7-10-22-17/h1-4,15,17,19H,5-13H2. The van der Waals surface area contributed by atoms with Crippen molar-refractivity contribution in [2.75, 3.05) is 24.7 Å². The van der Waals surface area contributed by atoms with Crippen LogP contribution in [0, 0.1) is 5.41 Å². The summed E-state index contributed by atoms with van der Waals surface area (Å²) in [5, 5.41) is 3.66. The molecule has 1 saturated carbocycles. The van der Waals surface area contributed by atoms with Crippen LogP contribution in [0.1, 0.15) is 42.9 Å². The van der Waals surface area contributed by atoms with Gasteiger partial charge in [-0.3, -0.25) is 0 Å². The van der Waals surface area contributed by atoms with Gasteiger partial charge in [-0.25, -0.2) is 8.42 Å². The summed E-state index contributed by atoms with van der Waals surface area (Å²) in [4.78, 5) is 0. The lowest BCUT2D eigenvalue weighted by Crippen LogP contribution is -2.52. The van der Waals surface area contributed by atoms with Gasteiger partial charge in [0.15, 0.2) is 9.84 Å². The molecule has 1 aromatic rings. The second-order valence-electron chi connectivity index (χ2n) is 7.52. The number of fused-ring (bicyclic) bond motifs is 1. The second-order valence-corrected chi connectivity index (χ2v) is 9.59. The van der Waals surface area contributed by atoms with Crippen LogP contribution in [0.25, 0.3) is 0 Å². The van der Waals surface area contributed by atoms with Crippen LogP contribution in [0.5, 0.6) is 0 Å². The van der Waals surface area contributed by atoms with Crippen molar-refractivity contribution < 1.29 is 13.2 Å². The molecule has 2 heterocycles. The smallest absolute Gasteiger partial charge is 0.151 e. The zero-order valence-corrected chi connectivity index (χ0v) is 14.3. The zero-order chi connectivity index (χ0) is 15.9. The first kappa shape index (κ1) is 15.6. The molecule has 23 heavy (non-hydrogen) atoms. The zero-order valence-electron chi connectivity index (χ0n) is 13.5. The van der Waals surface area contributed by atoms with Gasteiger partial charge in [0, 0.05) is 12.6 Å². The average molecular weight is 335 g/mol. The molecule has 4 nitrogen and oxygen atoms in total. The molecule has 1 saturated heterocycles. The highest BCUT2D eigenvalue weighted by Gasteiger charge is 2.49. The minimum absolute atomic E-state index is 0.116. The molecule has 2 fully saturated rings. The van der Waals surface area contributed by atoms with Gasteiger partial charge in [0.05, 0.1) is 24.2 Å². The Morgan fingerprint density at radius 2 is 1.91 bits per heavy atom. The summed E-state index contributed by atoms with van der Waals surface area (Å²) in [6, 6.07) is 9.06. The Morgan fingerprint density at radius 1 is 1.17 bits per heavy atom. The third kappa shape index (κ3) is 3.19. The molecule has 5 heteroatoms. The largest absolute Gasteiger partial charge is 0.372 e. The summed E-state index contributed by atoms with van der Waals surface area (Å²) in [5.41, 5.74) is 2.85. The van der Waals surface area contributed by atoms with E-state index in [9.17, 15) is 8.42 Å². The Morgan fingerprint density at radius 3 is 2.65 bits per heavy atom. The normalized spacial score (nSPS) is 29.0. The lowest BCUT2D eigenvalue weighted by atomic mass is 9.74. The Labute approximate surface area is 138 Å². The highest BCUT2D eigenvalue weighted by Crippen LogP contribution is 2.45. The fourth-order valence-corrected chi connectivity index (χ4v) is 6.89. The number of ether oxygens (including phenoxy) is 1. The molecule has 0 bridgehead atoms. The van der Waals surface area contributed by atoms with E-state index in [0.29, 0.717) is 17.5 Å². The summed E-state index contributed by atoms with van der Waals surface area (Å²) in [6.07, 6.45) is 5.43.